The fraction of sp³-hybridized carbons (Fsp3) is 0.467. The van der Waals surface area contributed by atoms with Crippen molar-refractivity contribution in [3.8, 4) is 0 Å². The Hall–Kier alpha value is -1.21. The molecule has 1 aromatic carbocycles. The summed E-state index contributed by atoms with van der Waals surface area (Å²) in [5.74, 6) is 0. The van der Waals surface area contributed by atoms with Crippen molar-refractivity contribution in [3.63, 3.8) is 0 Å². The second-order valence-corrected chi connectivity index (χ2v) is 5.83. The molecule has 0 amide bonds. The number of hydrogen-bond donors (Lipinski definition) is 2. The molecule has 0 radical (unpaired) electrons. The third-order valence-corrected chi connectivity index (χ3v) is 3.78. The zero-order valence-electron chi connectivity index (χ0n) is 12.4. The number of nitrogens with zero attached hydrogens (tertiary/aromatic N) is 2. The van der Waals surface area contributed by atoms with E-state index in [1.54, 1.807) is 6.21 Å². The lowest BCUT2D eigenvalue weighted by Gasteiger charge is -2.26. The molecule has 120 valence electrons. The molecule has 0 aromatic heterocycles. The van der Waals surface area contributed by atoms with Crippen LogP contribution in [0.3, 0.4) is 0 Å². The van der Waals surface area contributed by atoms with Crippen LogP contribution in [0.1, 0.15) is 12.0 Å². The van der Waals surface area contributed by atoms with Crippen molar-refractivity contribution in [1.29, 1.82) is 0 Å². The Morgan fingerprint density at radius 1 is 1.32 bits per heavy atom. The van der Waals surface area contributed by atoms with E-state index in [1.807, 2.05) is 24.3 Å². The predicted octanol–water partition coefficient (Wildman–Crippen LogP) is 1.86. The van der Waals surface area contributed by atoms with E-state index in [1.165, 1.54) is 0 Å². The van der Waals surface area contributed by atoms with Crippen molar-refractivity contribution in [2.45, 2.75) is 6.42 Å². The van der Waals surface area contributed by atoms with Gasteiger partial charge in [-0.25, -0.2) is 0 Å². The third-order valence-electron chi connectivity index (χ3n) is 3.29. The highest BCUT2D eigenvalue weighted by molar-refractivity contribution is 7.80. The zero-order chi connectivity index (χ0) is 15.6. The SMILES string of the molecule is S=C(NCCCN1CCOCC1)N/N=C\c1ccc(Cl)cc1. The third kappa shape index (κ3) is 6.70. The molecule has 5 nitrogen and oxygen atoms in total. The average molecular weight is 341 g/mol. The standard InChI is InChI=1S/C15H21ClN4OS/c16-14-4-2-13(3-5-14)12-18-19-15(22)17-6-1-7-20-8-10-21-11-9-20/h2-5,12H,1,6-11H2,(H2,17,19,22)/b18-12-. The Balaban J connectivity index is 1.56. The molecular formula is C15H21ClN4OS. The number of hydrazone groups is 1. The minimum atomic E-state index is 0.534. The molecule has 7 heteroatoms. The Morgan fingerprint density at radius 3 is 2.77 bits per heavy atom. The molecule has 1 aromatic rings. The summed E-state index contributed by atoms with van der Waals surface area (Å²) in [6.07, 6.45) is 2.75. The van der Waals surface area contributed by atoms with Crippen LogP contribution in [0.2, 0.25) is 5.02 Å². The number of nitrogens with one attached hydrogen (secondary N) is 2. The highest BCUT2D eigenvalue weighted by Gasteiger charge is 2.08. The molecule has 0 saturated carbocycles. The molecule has 1 aliphatic heterocycles. The van der Waals surface area contributed by atoms with Gasteiger partial charge in [0, 0.05) is 24.7 Å². The monoisotopic (exact) mass is 340 g/mol. The smallest absolute Gasteiger partial charge is 0.186 e. The molecule has 1 heterocycles. The summed E-state index contributed by atoms with van der Waals surface area (Å²) in [5.41, 5.74) is 3.77. The van der Waals surface area contributed by atoms with E-state index < -0.39 is 0 Å². The summed E-state index contributed by atoms with van der Waals surface area (Å²) in [4.78, 5) is 2.40. The minimum absolute atomic E-state index is 0.534. The van der Waals surface area contributed by atoms with E-state index in [9.17, 15) is 0 Å². The van der Waals surface area contributed by atoms with Gasteiger partial charge in [-0.3, -0.25) is 10.3 Å². The summed E-state index contributed by atoms with van der Waals surface area (Å²) in [6.45, 7) is 5.62. The van der Waals surface area contributed by atoms with E-state index in [-0.39, 0.29) is 0 Å². The largest absolute Gasteiger partial charge is 0.379 e. The molecule has 2 rings (SSSR count). The molecular weight excluding hydrogens is 320 g/mol. The zero-order valence-corrected chi connectivity index (χ0v) is 14.0. The van der Waals surface area contributed by atoms with Crippen LogP contribution < -0.4 is 10.7 Å². The topological polar surface area (TPSA) is 48.9 Å². The highest BCUT2D eigenvalue weighted by atomic mass is 35.5. The van der Waals surface area contributed by atoms with E-state index in [0.29, 0.717) is 10.1 Å². The first-order valence-electron chi connectivity index (χ1n) is 7.36. The van der Waals surface area contributed by atoms with Crippen molar-refractivity contribution in [2.24, 2.45) is 5.10 Å². The summed E-state index contributed by atoms with van der Waals surface area (Å²) in [5, 5.41) is 8.48. The molecule has 2 N–H and O–H groups in total. The molecule has 0 aliphatic carbocycles. The summed E-state index contributed by atoms with van der Waals surface area (Å²) in [6, 6.07) is 7.44. The summed E-state index contributed by atoms with van der Waals surface area (Å²) >= 11 is 11.0. The van der Waals surface area contributed by atoms with E-state index in [2.05, 4.69) is 20.7 Å². The number of halogens is 1. The highest BCUT2D eigenvalue weighted by Crippen LogP contribution is 2.07. The molecule has 0 bridgehead atoms. The Bertz CT molecular complexity index is 489. The van der Waals surface area contributed by atoms with Gasteiger partial charge >= 0.3 is 0 Å². The van der Waals surface area contributed by atoms with Crippen LogP contribution in [-0.4, -0.2) is 55.6 Å². The fourth-order valence-corrected chi connectivity index (χ4v) is 2.36. The van der Waals surface area contributed by atoms with Crippen LogP contribution in [0.5, 0.6) is 0 Å². The van der Waals surface area contributed by atoms with Crippen molar-refractivity contribution in [2.75, 3.05) is 39.4 Å². The van der Waals surface area contributed by atoms with Crippen molar-refractivity contribution in [3.05, 3.63) is 34.9 Å². The second kappa shape index (κ2) is 9.74. The second-order valence-electron chi connectivity index (χ2n) is 4.99. The van der Waals surface area contributed by atoms with Gasteiger partial charge in [-0.1, -0.05) is 23.7 Å². The first-order chi connectivity index (χ1) is 10.7. The number of morpholine rings is 1. The number of thiocarbonyl (C=S) groups is 1. The van der Waals surface area contributed by atoms with E-state index >= 15 is 0 Å². The molecule has 1 fully saturated rings. The lowest BCUT2D eigenvalue weighted by atomic mass is 10.2. The van der Waals surface area contributed by atoms with Crippen LogP contribution in [-0.2, 0) is 4.74 Å². The minimum Gasteiger partial charge on any atom is -0.379 e. The van der Waals surface area contributed by atoms with Crippen LogP contribution >= 0.6 is 23.8 Å². The molecule has 1 saturated heterocycles. The van der Waals surface area contributed by atoms with Crippen LogP contribution in [0.25, 0.3) is 0 Å². The van der Waals surface area contributed by atoms with Gasteiger partial charge in [-0.05, 0) is 42.9 Å². The quantitative estimate of drug-likeness (QED) is 0.358. The van der Waals surface area contributed by atoms with Crippen molar-refractivity contribution in [1.82, 2.24) is 15.6 Å². The lowest BCUT2D eigenvalue weighted by Crippen LogP contribution is -2.39. The predicted molar refractivity (Wildman–Crippen MR) is 94.7 cm³/mol. The normalized spacial score (nSPS) is 15.9. The van der Waals surface area contributed by atoms with E-state index in [4.69, 9.17) is 28.6 Å². The maximum Gasteiger partial charge on any atom is 0.186 e. The van der Waals surface area contributed by atoms with Gasteiger partial charge in [0.05, 0.1) is 19.4 Å². The molecule has 1 aliphatic rings. The van der Waals surface area contributed by atoms with Gasteiger partial charge in [0.15, 0.2) is 5.11 Å². The van der Waals surface area contributed by atoms with Crippen LogP contribution in [0, 0.1) is 0 Å². The van der Waals surface area contributed by atoms with Crippen LogP contribution in [0.15, 0.2) is 29.4 Å². The number of ether oxygens (including phenoxy) is 1. The maximum absolute atomic E-state index is 5.82. The molecule has 22 heavy (non-hydrogen) atoms. The fourth-order valence-electron chi connectivity index (χ4n) is 2.08. The number of rotatable bonds is 6. The van der Waals surface area contributed by atoms with Crippen LogP contribution in [0.4, 0.5) is 0 Å². The van der Waals surface area contributed by atoms with Crippen molar-refractivity contribution >= 4 is 35.1 Å². The molecule has 0 spiro atoms. The summed E-state index contributed by atoms with van der Waals surface area (Å²) in [7, 11) is 0. The summed E-state index contributed by atoms with van der Waals surface area (Å²) < 4.78 is 5.32. The van der Waals surface area contributed by atoms with Crippen molar-refractivity contribution < 1.29 is 4.74 Å². The Kier molecular flexibility index (Phi) is 7.59. The van der Waals surface area contributed by atoms with Gasteiger partial charge < -0.3 is 10.1 Å². The van der Waals surface area contributed by atoms with Gasteiger partial charge in [-0.2, -0.15) is 5.10 Å². The Morgan fingerprint density at radius 2 is 2.05 bits per heavy atom. The van der Waals surface area contributed by atoms with Gasteiger partial charge in [0.1, 0.15) is 0 Å². The van der Waals surface area contributed by atoms with Gasteiger partial charge in [0.25, 0.3) is 0 Å². The maximum atomic E-state index is 5.82. The first-order valence-corrected chi connectivity index (χ1v) is 8.15. The number of hydrogen-bond acceptors (Lipinski definition) is 4. The van der Waals surface area contributed by atoms with Gasteiger partial charge in [0.2, 0.25) is 0 Å². The lowest BCUT2D eigenvalue weighted by molar-refractivity contribution is 0.0376. The molecule has 0 unspecified atom stereocenters. The number of benzene rings is 1. The van der Waals surface area contributed by atoms with Gasteiger partial charge in [-0.15, -0.1) is 0 Å². The average Bonchev–Trinajstić information content (AvgIpc) is 2.54. The Labute approximate surface area is 141 Å². The van der Waals surface area contributed by atoms with E-state index in [0.717, 1.165) is 51.4 Å². The molecule has 0 atom stereocenters. The first kappa shape index (κ1) is 17.1.